The van der Waals surface area contributed by atoms with Crippen LogP contribution in [0.3, 0.4) is 0 Å². The number of fused-ring (bicyclic) bond motifs is 3. The summed E-state index contributed by atoms with van der Waals surface area (Å²) < 4.78 is 5.51. The van der Waals surface area contributed by atoms with E-state index in [0.717, 1.165) is 24.9 Å². The molecule has 0 aromatic heterocycles. The summed E-state index contributed by atoms with van der Waals surface area (Å²) >= 11 is 0. The molecule has 0 saturated carbocycles. The van der Waals surface area contributed by atoms with Crippen molar-refractivity contribution in [3.63, 3.8) is 0 Å². The van der Waals surface area contributed by atoms with Crippen LogP contribution >= 0.6 is 0 Å². The standard InChI is InChI=1S/C20H22N2O2/c23-20(24-14-15-7-2-1-3-8-15)22-12-6-10-17-16-9-4-5-11-18(16)21-19(17)13-22/h1-5,7-9,11,17,19,21H,6,10,12-14H2. The zero-order valence-corrected chi connectivity index (χ0v) is 13.7. The molecule has 1 N–H and O–H groups in total. The molecule has 2 aromatic rings. The van der Waals surface area contributed by atoms with Crippen molar-refractivity contribution in [1.82, 2.24) is 4.90 Å². The molecule has 1 fully saturated rings. The van der Waals surface area contributed by atoms with E-state index in [4.69, 9.17) is 4.74 Å². The van der Waals surface area contributed by atoms with Gasteiger partial charge >= 0.3 is 6.09 Å². The van der Waals surface area contributed by atoms with Crippen LogP contribution in [0.25, 0.3) is 0 Å². The smallest absolute Gasteiger partial charge is 0.410 e. The predicted molar refractivity (Wildman–Crippen MR) is 94.0 cm³/mol. The molecule has 4 heteroatoms. The summed E-state index contributed by atoms with van der Waals surface area (Å²) in [6.07, 6.45) is 1.91. The van der Waals surface area contributed by atoms with Gasteiger partial charge in [-0.25, -0.2) is 4.79 Å². The summed E-state index contributed by atoms with van der Waals surface area (Å²) in [5.74, 6) is 0.494. The number of anilines is 1. The molecule has 2 atom stereocenters. The van der Waals surface area contributed by atoms with Crippen molar-refractivity contribution < 1.29 is 9.53 Å². The topological polar surface area (TPSA) is 41.6 Å². The molecule has 0 spiro atoms. The Morgan fingerprint density at radius 2 is 1.92 bits per heavy atom. The summed E-state index contributed by atoms with van der Waals surface area (Å²) in [4.78, 5) is 14.3. The molecule has 0 bridgehead atoms. The van der Waals surface area contributed by atoms with Gasteiger partial charge in [0.05, 0.1) is 6.04 Å². The Hall–Kier alpha value is -2.49. The first-order valence-corrected chi connectivity index (χ1v) is 8.62. The fourth-order valence-corrected chi connectivity index (χ4v) is 3.81. The zero-order chi connectivity index (χ0) is 16.4. The molecule has 2 unspecified atom stereocenters. The number of para-hydroxylation sites is 1. The average molecular weight is 322 g/mol. The highest BCUT2D eigenvalue weighted by molar-refractivity contribution is 5.68. The summed E-state index contributed by atoms with van der Waals surface area (Å²) in [6, 6.07) is 18.6. The third kappa shape index (κ3) is 2.96. The van der Waals surface area contributed by atoms with Crippen LogP contribution in [0.5, 0.6) is 0 Å². The third-order valence-corrected chi connectivity index (χ3v) is 5.01. The summed E-state index contributed by atoms with van der Waals surface area (Å²) in [7, 11) is 0. The second-order valence-electron chi connectivity index (χ2n) is 6.57. The van der Waals surface area contributed by atoms with Gasteiger partial charge in [0.15, 0.2) is 0 Å². The first kappa shape index (κ1) is 15.1. The van der Waals surface area contributed by atoms with E-state index >= 15 is 0 Å². The molecule has 4 rings (SSSR count). The number of hydrogen-bond donors (Lipinski definition) is 1. The molecule has 2 aromatic carbocycles. The van der Waals surface area contributed by atoms with Crippen molar-refractivity contribution in [1.29, 1.82) is 0 Å². The molecule has 1 saturated heterocycles. The minimum atomic E-state index is -0.211. The van der Waals surface area contributed by atoms with Crippen molar-refractivity contribution in [2.24, 2.45) is 0 Å². The van der Waals surface area contributed by atoms with Gasteiger partial charge in [0, 0.05) is 24.7 Å². The first-order chi connectivity index (χ1) is 11.8. The number of likely N-dealkylation sites (tertiary alicyclic amines) is 1. The molecule has 124 valence electrons. The number of nitrogens with one attached hydrogen (secondary N) is 1. The van der Waals surface area contributed by atoms with Gasteiger partial charge in [0.25, 0.3) is 0 Å². The fourth-order valence-electron chi connectivity index (χ4n) is 3.81. The summed E-state index contributed by atoms with van der Waals surface area (Å²) in [5.41, 5.74) is 3.62. The lowest BCUT2D eigenvalue weighted by molar-refractivity contribution is 0.0965. The molecule has 2 aliphatic rings. The summed E-state index contributed by atoms with van der Waals surface area (Å²) in [5, 5.41) is 3.59. The van der Waals surface area contributed by atoms with Gasteiger partial charge in [-0.1, -0.05) is 48.5 Å². The molecule has 24 heavy (non-hydrogen) atoms. The highest BCUT2D eigenvalue weighted by Crippen LogP contribution is 2.40. The summed E-state index contributed by atoms with van der Waals surface area (Å²) in [6.45, 7) is 1.80. The number of benzene rings is 2. The maximum Gasteiger partial charge on any atom is 0.410 e. The minimum Gasteiger partial charge on any atom is -0.445 e. The Morgan fingerprint density at radius 1 is 1.12 bits per heavy atom. The van der Waals surface area contributed by atoms with Crippen molar-refractivity contribution in [2.75, 3.05) is 18.4 Å². The molecule has 0 aliphatic carbocycles. The van der Waals surface area contributed by atoms with E-state index in [2.05, 4.69) is 29.6 Å². The maximum atomic E-state index is 12.5. The Morgan fingerprint density at radius 3 is 2.79 bits per heavy atom. The number of rotatable bonds is 2. The van der Waals surface area contributed by atoms with Crippen LogP contribution in [0.2, 0.25) is 0 Å². The molecular formula is C20H22N2O2. The Bertz CT molecular complexity index is 717. The molecule has 1 amide bonds. The highest BCUT2D eigenvalue weighted by Gasteiger charge is 2.36. The normalized spacial score (nSPS) is 22.1. The van der Waals surface area contributed by atoms with E-state index in [9.17, 15) is 4.79 Å². The van der Waals surface area contributed by atoms with E-state index in [1.807, 2.05) is 35.2 Å². The molecule has 4 nitrogen and oxygen atoms in total. The third-order valence-electron chi connectivity index (χ3n) is 5.01. The van der Waals surface area contributed by atoms with Crippen LogP contribution < -0.4 is 5.32 Å². The lowest BCUT2D eigenvalue weighted by Crippen LogP contribution is -2.39. The van der Waals surface area contributed by atoms with Crippen LogP contribution in [0, 0.1) is 0 Å². The zero-order valence-electron chi connectivity index (χ0n) is 13.7. The van der Waals surface area contributed by atoms with Gasteiger partial charge in [-0.3, -0.25) is 0 Å². The highest BCUT2D eigenvalue weighted by atomic mass is 16.6. The number of amides is 1. The minimum absolute atomic E-state index is 0.211. The first-order valence-electron chi connectivity index (χ1n) is 8.62. The molecule has 0 radical (unpaired) electrons. The predicted octanol–water partition coefficient (Wildman–Crippen LogP) is 4.00. The van der Waals surface area contributed by atoms with Gasteiger partial charge in [0.1, 0.15) is 6.61 Å². The van der Waals surface area contributed by atoms with Crippen LogP contribution in [-0.2, 0) is 11.3 Å². The van der Waals surface area contributed by atoms with Crippen molar-refractivity contribution in [3.8, 4) is 0 Å². The van der Waals surface area contributed by atoms with E-state index in [0.29, 0.717) is 19.1 Å². The Balaban J connectivity index is 1.40. The second kappa shape index (κ2) is 6.56. The average Bonchev–Trinajstić information content (AvgIpc) is 2.83. The quantitative estimate of drug-likeness (QED) is 0.909. The monoisotopic (exact) mass is 322 g/mol. The van der Waals surface area contributed by atoms with Gasteiger partial charge in [-0.05, 0) is 30.0 Å². The van der Waals surface area contributed by atoms with E-state index < -0.39 is 0 Å². The number of carbonyl (C=O) groups is 1. The van der Waals surface area contributed by atoms with Gasteiger partial charge < -0.3 is 15.0 Å². The Kier molecular flexibility index (Phi) is 4.11. The number of ether oxygens (including phenoxy) is 1. The van der Waals surface area contributed by atoms with Crippen LogP contribution in [-0.4, -0.2) is 30.1 Å². The van der Waals surface area contributed by atoms with Crippen LogP contribution in [0.15, 0.2) is 54.6 Å². The van der Waals surface area contributed by atoms with E-state index in [1.165, 1.54) is 11.3 Å². The van der Waals surface area contributed by atoms with E-state index in [-0.39, 0.29) is 12.1 Å². The SMILES string of the molecule is O=C(OCc1ccccc1)N1CCCC2c3ccccc3NC2C1. The molecule has 2 heterocycles. The van der Waals surface area contributed by atoms with Gasteiger partial charge in [-0.2, -0.15) is 0 Å². The number of carbonyl (C=O) groups excluding carboxylic acids is 1. The number of hydrogen-bond acceptors (Lipinski definition) is 3. The lowest BCUT2D eigenvalue weighted by atomic mass is 9.91. The van der Waals surface area contributed by atoms with Crippen molar-refractivity contribution in [2.45, 2.75) is 31.4 Å². The van der Waals surface area contributed by atoms with E-state index in [1.54, 1.807) is 0 Å². The van der Waals surface area contributed by atoms with Gasteiger partial charge in [-0.15, -0.1) is 0 Å². The fraction of sp³-hybridized carbons (Fsp3) is 0.350. The van der Waals surface area contributed by atoms with Gasteiger partial charge in [0.2, 0.25) is 0 Å². The lowest BCUT2D eigenvalue weighted by Gasteiger charge is -2.24. The Labute approximate surface area is 142 Å². The molecular weight excluding hydrogens is 300 g/mol. The van der Waals surface area contributed by atoms with Crippen LogP contribution in [0.4, 0.5) is 10.5 Å². The van der Waals surface area contributed by atoms with Crippen molar-refractivity contribution >= 4 is 11.8 Å². The number of nitrogens with zero attached hydrogens (tertiary/aromatic N) is 1. The second-order valence-corrected chi connectivity index (χ2v) is 6.57. The van der Waals surface area contributed by atoms with Crippen molar-refractivity contribution in [3.05, 3.63) is 65.7 Å². The van der Waals surface area contributed by atoms with Crippen LogP contribution in [0.1, 0.15) is 29.9 Å². The maximum absolute atomic E-state index is 12.5. The molecule has 2 aliphatic heterocycles. The largest absolute Gasteiger partial charge is 0.445 e.